The average molecular weight is 736 g/mol. The minimum Gasteiger partial charge on any atom is -0.352 e. The van der Waals surface area contributed by atoms with Crippen molar-refractivity contribution in [2.75, 3.05) is 10.8 Å². The quantitative estimate of drug-likeness (QED) is 0.150. The first-order valence-corrected chi connectivity index (χ1v) is 17.9. The molecule has 47 heavy (non-hydrogen) atoms. The molecule has 0 aromatic heterocycles. The monoisotopic (exact) mass is 733 g/mol. The fraction of sp³-hybridized carbons (Fsp3) is 0.257. The highest BCUT2D eigenvalue weighted by atomic mass is 35.5. The summed E-state index contributed by atoms with van der Waals surface area (Å²) in [6, 6.07) is 23.6. The maximum absolute atomic E-state index is 14.6. The van der Waals surface area contributed by atoms with Crippen LogP contribution in [0.3, 0.4) is 0 Å². The molecule has 0 saturated carbocycles. The molecule has 0 spiro atoms. The van der Waals surface area contributed by atoms with Gasteiger partial charge in [-0.25, -0.2) is 8.42 Å². The van der Waals surface area contributed by atoms with E-state index < -0.39 is 28.5 Å². The number of sulfonamides is 1. The third-order valence-electron chi connectivity index (χ3n) is 7.71. The van der Waals surface area contributed by atoms with E-state index in [-0.39, 0.29) is 45.5 Å². The van der Waals surface area contributed by atoms with Gasteiger partial charge in [-0.15, -0.1) is 0 Å². The zero-order valence-corrected chi connectivity index (χ0v) is 29.9. The Balaban J connectivity index is 1.85. The number of carbonyl (C=O) groups is 2. The number of hydrogen-bond acceptors (Lipinski definition) is 4. The zero-order valence-electron chi connectivity index (χ0n) is 26.1. The van der Waals surface area contributed by atoms with E-state index in [2.05, 4.69) is 5.32 Å². The van der Waals surface area contributed by atoms with Crippen LogP contribution in [0, 0.1) is 6.92 Å². The van der Waals surface area contributed by atoms with Crippen molar-refractivity contribution in [2.24, 2.45) is 0 Å². The smallest absolute Gasteiger partial charge is 0.264 e. The van der Waals surface area contributed by atoms with Crippen LogP contribution in [0.15, 0.2) is 95.9 Å². The number of halogens is 4. The predicted molar refractivity (Wildman–Crippen MR) is 191 cm³/mol. The van der Waals surface area contributed by atoms with E-state index in [0.29, 0.717) is 22.0 Å². The topological polar surface area (TPSA) is 86.8 Å². The van der Waals surface area contributed by atoms with Crippen LogP contribution >= 0.6 is 46.4 Å². The summed E-state index contributed by atoms with van der Waals surface area (Å²) in [4.78, 5) is 29.9. The van der Waals surface area contributed by atoms with E-state index >= 15 is 0 Å². The Morgan fingerprint density at radius 3 is 2.13 bits per heavy atom. The van der Waals surface area contributed by atoms with Crippen LogP contribution in [0.5, 0.6) is 0 Å². The average Bonchev–Trinajstić information content (AvgIpc) is 3.04. The number of nitrogens with one attached hydrogen (secondary N) is 1. The van der Waals surface area contributed by atoms with Crippen LogP contribution in [0.4, 0.5) is 5.69 Å². The maximum atomic E-state index is 14.6. The minimum absolute atomic E-state index is 0.0235. The molecule has 2 amide bonds. The number of amides is 2. The molecule has 0 bridgehead atoms. The van der Waals surface area contributed by atoms with Crippen molar-refractivity contribution in [1.29, 1.82) is 0 Å². The second kappa shape index (κ2) is 16.2. The SMILES string of the molecule is CC[C@H](C)NC(=O)[C@@H](Cc1ccccc1)N(Cc1ccc(Cl)cc1Cl)C(=O)CN(c1ccc(Cl)c(Cl)c1)S(=O)(=O)c1ccc(C)cc1. The summed E-state index contributed by atoms with van der Waals surface area (Å²) in [5.41, 5.74) is 2.33. The van der Waals surface area contributed by atoms with Gasteiger partial charge in [0.1, 0.15) is 12.6 Å². The van der Waals surface area contributed by atoms with E-state index in [1.165, 1.54) is 35.2 Å². The van der Waals surface area contributed by atoms with E-state index in [1.807, 2.05) is 51.1 Å². The zero-order chi connectivity index (χ0) is 34.3. The van der Waals surface area contributed by atoms with Gasteiger partial charge in [0.25, 0.3) is 10.0 Å². The van der Waals surface area contributed by atoms with Gasteiger partial charge in [-0.2, -0.15) is 0 Å². The first-order chi connectivity index (χ1) is 22.3. The Labute approximate surface area is 296 Å². The molecule has 0 unspecified atom stereocenters. The highest BCUT2D eigenvalue weighted by Crippen LogP contribution is 2.31. The van der Waals surface area contributed by atoms with Crippen molar-refractivity contribution in [3.05, 3.63) is 128 Å². The molecular weight excluding hydrogens is 700 g/mol. The van der Waals surface area contributed by atoms with Crippen LogP contribution in [0.1, 0.15) is 37.0 Å². The van der Waals surface area contributed by atoms with Gasteiger partial charge >= 0.3 is 0 Å². The number of hydrogen-bond donors (Lipinski definition) is 1. The van der Waals surface area contributed by atoms with Crippen LogP contribution in [-0.2, 0) is 32.6 Å². The molecule has 4 aromatic carbocycles. The lowest BCUT2D eigenvalue weighted by molar-refractivity contribution is -0.140. The Morgan fingerprint density at radius 1 is 0.830 bits per heavy atom. The Hall–Kier alpha value is -3.27. The second-order valence-corrected chi connectivity index (χ2v) is 14.7. The molecule has 0 heterocycles. The van der Waals surface area contributed by atoms with Gasteiger partial charge in [0.15, 0.2) is 0 Å². The molecule has 0 fully saturated rings. The van der Waals surface area contributed by atoms with Crippen LogP contribution in [-0.4, -0.2) is 43.8 Å². The van der Waals surface area contributed by atoms with Gasteiger partial charge in [-0.3, -0.25) is 13.9 Å². The van der Waals surface area contributed by atoms with E-state index in [4.69, 9.17) is 46.4 Å². The number of anilines is 1. The van der Waals surface area contributed by atoms with Crippen molar-refractivity contribution in [2.45, 2.75) is 57.1 Å². The highest BCUT2D eigenvalue weighted by molar-refractivity contribution is 7.92. The summed E-state index contributed by atoms with van der Waals surface area (Å²) in [7, 11) is -4.30. The van der Waals surface area contributed by atoms with Gasteiger partial charge in [0.05, 0.1) is 20.6 Å². The van der Waals surface area contributed by atoms with Crippen molar-refractivity contribution in [3.8, 4) is 0 Å². The normalized spacial score (nSPS) is 12.7. The van der Waals surface area contributed by atoms with Gasteiger partial charge in [-0.1, -0.05) is 107 Å². The Kier molecular flexibility index (Phi) is 12.6. The molecule has 0 radical (unpaired) electrons. The van der Waals surface area contributed by atoms with E-state index in [9.17, 15) is 18.0 Å². The fourth-order valence-corrected chi connectivity index (χ4v) is 7.00. The molecule has 7 nitrogen and oxygen atoms in total. The van der Waals surface area contributed by atoms with Gasteiger partial charge in [0.2, 0.25) is 11.8 Å². The number of rotatable bonds is 13. The summed E-state index contributed by atoms with van der Waals surface area (Å²) < 4.78 is 29.4. The highest BCUT2D eigenvalue weighted by Gasteiger charge is 2.35. The van der Waals surface area contributed by atoms with Crippen molar-refractivity contribution in [3.63, 3.8) is 0 Å². The Bertz CT molecular complexity index is 1820. The maximum Gasteiger partial charge on any atom is 0.264 e. The molecule has 0 aliphatic rings. The van der Waals surface area contributed by atoms with Crippen LogP contribution < -0.4 is 9.62 Å². The Morgan fingerprint density at radius 2 is 1.51 bits per heavy atom. The predicted octanol–water partition coefficient (Wildman–Crippen LogP) is 8.36. The lowest BCUT2D eigenvalue weighted by atomic mass is 10.0. The molecule has 2 atom stereocenters. The second-order valence-electron chi connectivity index (χ2n) is 11.2. The summed E-state index contributed by atoms with van der Waals surface area (Å²) >= 11 is 25.2. The summed E-state index contributed by atoms with van der Waals surface area (Å²) in [6.45, 7) is 4.91. The largest absolute Gasteiger partial charge is 0.352 e. The summed E-state index contributed by atoms with van der Waals surface area (Å²) in [6.07, 6.45) is 0.832. The first kappa shape index (κ1) is 36.6. The van der Waals surface area contributed by atoms with Crippen LogP contribution in [0.25, 0.3) is 0 Å². The number of nitrogens with zero attached hydrogens (tertiary/aromatic N) is 2. The van der Waals surface area contributed by atoms with Crippen molar-refractivity contribution < 1.29 is 18.0 Å². The summed E-state index contributed by atoms with van der Waals surface area (Å²) in [5, 5.41) is 4.04. The fourth-order valence-electron chi connectivity index (χ4n) is 4.83. The van der Waals surface area contributed by atoms with Crippen molar-refractivity contribution >= 4 is 73.9 Å². The molecule has 1 N–H and O–H groups in total. The van der Waals surface area contributed by atoms with Crippen molar-refractivity contribution in [1.82, 2.24) is 10.2 Å². The first-order valence-electron chi connectivity index (χ1n) is 14.9. The lowest BCUT2D eigenvalue weighted by Crippen LogP contribution is -2.54. The summed E-state index contributed by atoms with van der Waals surface area (Å²) in [5.74, 6) is -1.03. The van der Waals surface area contributed by atoms with Gasteiger partial charge in [0, 0.05) is 29.1 Å². The third-order valence-corrected chi connectivity index (χ3v) is 10.8. The number of carbonyl (C=O) groups excluding carboxylic acids is 2. The van der Waals surface area contributed by atoms with E-state index in [0.717, 1.165) is 15.4 Å². The molecule has 12 heteroatoms. The molecule has 248 valence electrons. The number of aryl methyl sites for hydroxylation is 1. The molecule has 0 aliphatic heterocycles. The molecule has 0 aliphatic carbocycles. The van der Waals surface area contributed by atoms with E-state index in [1.54, 1.807) is 30.3 Å². The standard InChI is InChI=1S/C35H35Cl4N3O4S/c1-4-24(3)40-35(44)33(18-25-8-6-5-7-9-25)41(21-26-12-13-27(36)19-31(26)38)34(43)22-42(28-14-17-30(37)32(39)20-28)47(45,46)29-15-10-23(2)11-16-29/h5-17,19-20,24,33H,4,18,21-22H2,1-3H3,(H,40,44)/t24-,33+/m0/s1. The van der Waals surface area contributed by atoms with Crippen LogP contribution in [0.2, 0.25) is 20.1 Å². The number of benzene rings is 4. The van der Waals surface area contributed by atoms with Gasteiger partial charge in [-0.05, 0) is 73.9 Å². The molecule has 4 rings (SSSR count). The molecular formula is C35H35Cl4N3O4S. The minimum atomic E-state index is -4.30. The lowest BCUT2D eigenvalue weighted by Gasteiger charge is -2.34. The molecule has 4 aromatic rings. The molecule has 0 saturated heterocycles. The third kappa shape index (κ3) is 9.42. The van der Waals surface area contributed by atoms with Gasteiger partial charge < -0.3 is 10.2 Å².